The molecule has 0 saturated carbocycles. The highest BCUT2D eigenvalue weighted by atomic mass is 16.5. The Morgan fingerprint density at radius 1 is 1.20 bits per heavy atom. The van der Waals surface area contributed by atoms with Crippen LogP contribution in [0.2, 0.25) is 0 Å². The second-order valence-electron chi connectivity index (χ2n) is 4.90. The number of methoxy groups -OCH3 is 1. The average Bonchev–Trinajstić information content (AvgIpc) is 2.41. The van der Waals surface area contributed by atoms with E-state index in [0.717, 1.165) is 37.6 Å². The summed E-state index contributed by atoms with van der Waals surface area (Å²) in [6.45, 7) is 9.21. The van der Waals surface area contributed by atoms with Gasteiger partial charge in [-0.05, 0) is 51.4 Å². The van der Waals surface area contributed by atoms with Crippen molar-refractivity contribution in [2.45, 2.75) is 39.8 Å². The molecule has 1 aromatic rings. The van der Waals surface area contributed by atoms with Crippen LogP contribution >= 0.6 is 0 Å². The maximum Gasteiger partial charge on any atom is 0.161 e. The molecule has 0 aliphatic heterocycles. The molecule has 0 amide bonds. The summed E-state index contributed by atoms with van der Waals surface area (Å²) in [4.78, 5) is 0. The molecule has 0 radical (unpaired) electrons. The molecule has 0 heterocycles. The Morgan fingerprint density at radius 2 is 2.00 bits per heavy atom. The lowest BCUT2D eigenvalue weighted by Gasteiger charge is -2.15. The maximum atomic E-state index is 5.75. The zero-order chi connectivity index (χ0) is 14.8. The van der Waals surface area contributed by atoms with Gasteiger partial charge in [-0.15, -0.1) is 0 Å². The van der Waals surface area contributed by atoms with Gasteiger partial charge in [-0.25, -0.2) is 0 Å². The summed E-state index contributed by atoms with van der Waals surface area (Å²) in [7, 11) is 1.72. The smallest absolute Gasteiger partial charge is 0.161 e. The van der Waals surface area contributed by atoms with Crippen molar-refractivity contribution in [3.05, 3.63) is 23.8 Å². The number of benzene rings is 1. The highest BCUT2D eigenvalue weighted by Crippen LogP contribution is 2.29. The monoisotopic (exact) mass is 281 g/mol. The summed E-state index contributed by atoms with van der Waals surface area (Å²) in [6, 6.07) is 6.10. The first-order chi connectivity index (χ1) is 9.67. The van der Waals surface area contributed by atoms with Crippen molar-refractivity contribution >= 4 is 0 Å². The highest BCUT2D eigenvalue weighted by molar-refractivity contribution is 5.43. The van der Waals surface area contributed by atoms with Crippen molar-refractivity contribution in [1.29, 1.82) is 0 Å². The Morgan fingerprint density at radius 3 is 2.65 bits per heavy atom. The molecule has 1 aromatic carbocycles. The third-order valence-corrected chi connectivity index (χ3v) is 2.70. The van der Waals surface area contributed by atoms with Gasteiger partial charge in [0.15, 0.2) is 11.5 Å². The Labute approximate surface area is 122 Å². The van der Waals surface area contributed by atoms with Crippen LogP contribution in [0.4, 0.5) is 0 Å². The zero-order valence-electron chi connectivity index (χ0n) is 13.1. The predicted molar refractivity (Wildman–Crippen MR) is 81.6 cm³/mol. The Hall–Kier alpha value is -1.26. The fourth-order valence-corrected chi connectivity index (χ4v) is 1.86. The van der Waals surface area contributed by atoms with Gasteiger partial charge < -0.3 is 19.5 Å². The topological polar surface area (TPSA) is 39.7 Å². The third-order valence-electron chi connectivity index (χ3n) is 2.70. The van der Waals surface area contributed by atoms with Gasteiger partial charge in [0.05, 0.1) is 12.7 Å². The fraction of sp³-hybridized carbons (Fsp3) is 0.625. The summed E-state index contributed by atoms with van der Waals surface area (Å²) in [5.74, 6) is 1.63. The number of nitrogens with one attached hydrogen (secondary N) is 1. The van der Waals surface area contributed by atoms with E-state index in [1.54, 1.807) is 7.11 Å². The highest BCUT2D eigenvalue weighted by Gasteiger charge is 2.08. The zero-order valence-corrected chi connectivity index (χ0v) is 13.1. The fourth-order valence-electron chi connectivity index (χ4n) is 1.86. The number of ether oxygens (including phenoxy) is 3. The van der Waals surface area contributed by atoms with Crippen molar-refractivity contribution in [3.63, 3.8) is 0 Å². The van der Waals surface area contributed by atoms with E-state index in [1.807, 2.05) is 32.9 Å². The molecule has 4 nitrogen and oxygen atoms in total. The van der Waals surface area contributed by atoms with Gasteiger partial charge in [0, 0.05) is 20.3 Å². The molecule has 1 rings (SSSR count). The van der Waals surface area contributed by atoms with E-state index in [4.69, 9.17) is 14.2 Å². The summed E-state index contributed by atoms with van der Waals surface area (Å²) < 4.78 is 16.4. The van der Waals surface area contributed by atoms with E-state index in [9.17, 15) is 0 Å². The molecule has 0 unspecified atom stereocenters. The van der Waals surface area contributed by atoms with Crippen LogP contribution in [0.1, 0.15) is 32.8 Å². The molecule has 114 valence electrons. The van der Waals surface area contributed by atoms with Crippen molar-refractivity contribution in [2.24, 2.45) is 0 Å². The van der Waals surface area contributed by atoms with Crippen LogP contribution in [0, 0.1) is 0 Å². The van der Waals surface area contributed by atoms with E-state index >= 15 is 0 Å². The van der Waals surface area contributed by atoms with Gasteiger partial charge in [0.25, 0.3) is 0 Å². The third kappa shape index (κ3) is 6.26. The van der Waals surface area contributed by atoms with Crippen LogP contribution < -0.4 is 14.8 Å². The van der Waals surface area contributed by atoms with Gasteiger partial charge in [-0.2, -0.15) is 0 Å². The number of hydrogen-bond donors (Lipinski definition) is 1. The second kappa shape index (κ2) is 9.61. The van der Waals surface area contributed by atoms with E-state index < -0.39 is 0 Å². The molecule has 0 saturated heterocycles. The first kappa shape index (κ1) is 16.8. The Balaban J connectivity index is 2.57. The van der Waals surface area contributed by atoms with Gasteiger partial charge in [0.2, 0.25) is 0 Å². The van der Waals surface area contributed by atoms with Crippen LogP contribution in [-0.2, 0) is 11.3 Å². The minimum Gasteiger partial charge on any atom is -0.490 e. The van der Waals surface area contributed by atoms with Gasteiger partial charge in [-0.1, -0.05) is 6.07 Å². The van der Waals surface area contributed by atoms with Crippen LogP contribution in [0.3, 0.4) is 0 Å². The second-order valence-corrected chi connectivity index (χ2v) is 4.90. The molecule has 1 N–H and O–H groups in total. The summed E-state index contributed by atoms with van der Waals surface area (Å²) >= 11 is 0. The molecular weight excluding hydrogens is 254 g/mol. The van der Waals surface area contributed by atoms with Crippen LogP contribution in [-0.4, -0.2) is 33.0 Å². The Kier molecular flexibility index (Phi) is 8.07. The maximum absolute atomic E-state index is 5.75. The van der Waals surface area contributed by atoms with Gasteiger partial charge in [0.1, 0.15) is 0 Å². The molecule has 0 spiro atoms. The molecule has 0 aliphatic carbocycles. The minimum atomic E-state index is 0.146. The SMILES string of the molecule is CCOc1cc(CNCCCOC)ccc1OC(C)C. The number of hydrogen-bond acceptors (Lipinski definition) is 4. The summed E-state index contributed by atoms with van der Waals surface area (Å²) in [6.07, 6.45) is 1.16. The summed E-state index contributed by atoms with van der Waals surface area (Å²) in [5.41, 5.74) is 1.20. The first-order valence-electron chi connectivity index (χ1n) is 7.29. The van der Waals surface area contributed by atoms with Crippen molar-refractivity contribution < 1.29 is 14.2 Å². The van der Waals surface area contributed by atoms with Gasteiger partial charge in [-0.3, -0.25) is 0 Å². The lowest BCUT2D eigenvalue weighted by molar-refractivity contribution is 0.194. The molecule has 0 aromatic heterocycles. The quantitative estimate of drug-likeness (QED) is 0.669. The molecule has 0 atom stereocenters. The first-order valence-corrected chi connectivity index (χ1v) is 7.29. The molecule has 0 bridgehead atoms. The van der Waals surface area contributed by atoms with Crippen molar-refractivity contribution in [2.75, 3.05) is 26.9 Å². The largest absolute Gasteiger partial charge is 0.490 e. The Bertz CT molecular complexity index is 380. The number of rotatable bonds is 10. The molecule has 0 fully saturated rings. The van der Waals surface area contributed by atoms with Crippen LogP contribution in [0.5, 0.6) is 11.5 Å². The lowest BCUT2D eigenvalue weighted by atomic mass is 10.2. The molecule has 20 heavy (non-hydrogen) atoms. The molecular formula is C16H27NO3. The van der Waals surface area contributed by atoms with Crippen LogP contribution in [0.15, 0.2) is 18.2 Å². The normalized spacial score (nSPS) is 10.8. The van der Waals surface area contributed by atoms with Crippen molar-refractivity contribution in [3.8, 4) is 11.5 Å². The van der Waals surface area contributed by atoms with E-state index in [1.165, 1.54) is 5.56 Å². The van der Waals surface area contributed by atoms with Crippen LogP contribution in [0.25, 0.3) is 0 Å². The van der Waals surface area contributed by atoms with E-state index in [0.29, 0.717) is 6.61 Å². The van der Waals surface area contributed by atoms with E-state index in [-0.39, 0.29) is 6.10 Å². The van der Waals surface area contributed by atoms with E-state index in [2.05, 4.69) is 11.4 Å². The van der Waals surface area contributed by atoms with Crippen molar-refractivity contribution in [1.82, 2.24) is 5.32 Å². The predicted octanol–water partition coefficient (Wildman–Crippen LogP) is 3.00. The standard InChI is InChI=1S/C16H27NO3/c1-5-19-16-11-14(12-17-9-6-10-18-4)7-8-15(16)20-13(2)3/h7-8,11,13,17H,5-6,9-10,12H2,1-4H3. The molecule has 4 heteroatoms. The lowest BCUT2D eigenvalue weighted by Crippen LogP contribution is -2.16. The van der Waals surface area contributed by atoms with Gasteiger partial charge >= 0.3 is 0 Å². The minimum absolute atomic E-state index is 0.146. The molecule has 0 aliphatic rings. The summed E-state index contributed by atoms with van der Waals surface area (Å²) in [5, 5.41) is 3.39. The average molecular weight is 281 g/mol.